The summed E-state index contributed by atoms with van der Waals surface area (Å²) in [6.07, 6.45) is 0. The van der Waals surface area contributed by atoms with Crippen molar-refractivity contribution in [3.8, 4) is 5.75 Å². The van der Waals surface area contributed by atoms with Crippen molar-refractivity contribution in [1.82, 2.24) is 0 Å². The highest BCUT2D eigenvalue weighted by Crippen LogP contribution is 2.32. The third kappa shape index (κ3) is 1.78. The zero-order valence-electron chi connectivity index (χ0n) is 6.55. The molecule has 0 saturated heterocycles. The van der Waals surface area contributed by atoms with E-state index in [4.69, 9.17) is 11.6 Å². The first-order valence-corrected chi connectivity index (χ1v) is 6.10. The molecule has 68 valence electrons. The van der Waals surface area contributed by atoms with Gasteiger partial charge in [-0.15, -0.1) is 22.9 Å². The predicted octanol–water partition coefficient (Wildman–Crippen LogP) is 3.95. The first-order valence-electron chi connectivity index (χ1n) is 3.67. The van der Waals surface area contributed by atoms with Crippen LogP contribution in [0.15, 0.2) is 18.2 Å². The van der Waals surface area contributed by atoms with Crippen LogP contribution in [0.4, 0.5) is 0 Å². The van der Waals surface area contributed by atoms with Crippen LogP contribution in [0.5, 0.6) is 5.75 Å². The number of hydrogen-bond acceptors (Lipinski definition) is 2. The Morgan fingerprint density at radius 2 is 2.15 bits per heavy atom. The van der Waals surface area contributed by atoms with Gasteiger partial charge < -0.3 is 5.11 Å². The fraction of sp³-hybridized carbons (Fsp3) is 0.111. The molecule has 1 aromatic carbocycles. The van der Waals surface area contributed by atoms with E-state index in [-0.39, 0.29) is 5.75 Å². The number of alkyl halides is 1. The number of halogens is 2. The summed E-state index contributed by atoms with van der Waals surface area (Å²) >= 11 is 9.66. The summed E-state index contributed by atoms with van der Waals surface area (Å²) in [5.41, 5.74) is 0.799. The number of benzene rings is 1. The van der Waals surface area contributed by atoms with Gasteiger partial charge in [-0.25, -0.2) is 0 Å². The monoisotopic (exact) mass is 324 g/mol. The topological polar surface area (TPSA) is 20.2 Å². The second-order valence-electron chi connectivity index (χ2n) is 2.70. The quantitative estimate of drug-likeness (QED) is 0.622. The van der Waals surface area contributed by atoms with Crippen molar-refractivity contribution in [2.24, 2.45) is 0 Å². The molecule has 1 nitrogen and oxygen atoms in total. The van der Waals surface area contributed by atoms with E-state index in [1.165, 1.54) is 7.58 Å². The Labute approximate surface area is 98.5 Å². The number of thiophene rings is 1. The molecule has 0 aliphatic carbocycles. The Hall–Kier alpha value is -0.000000000000000167. The molecule has 0 fully saturated rings. The van der Waals surface area contributed by atoms with Crippen LogP contribution in [0, 0.1) is 2.88 Å². The largest absolute Gasteiger partial charge is 0.508 e. The van der Waals surface area contributed by atoms with E-state index < -0.39 is 0 Å². The fourth-order valence-corrected chi connectivity index (χ4v) is 3.29. The zero-order chi connectivity index (χ0) is 9.42. The zero-order valence-corrected chi connectivity index (χ0v) is 10.3. The molecule has 0 bridgehead atoms. The number of fused-ring (bicyclic) bond motifs is 1. The van der Waals surface area contributed by atoms with Crippen LogP contribution in [-0.2, 0) is 5.88 Å². The Morgan fingerprint density at radius 1 is 1.38 bits per heavy atom. The van der Waals surface area contributed by atoms with Gasteiger partial charge in [-0.05, 0) is 46.2 Å². The molecule has 1 aromatic heterocycles. The molecule has 1 N–H and O–H groups in total. The molecule has 0 aliphatic rings. The van der Waals surface area contributed by atoms with Crippen molar-refractivity contribution in [2.45, 2.75) is 5.88 Å². The summed E-state index contributed by atoms with van der Waals surface area (Å²) < 4.78 is 2.40. The van der Waals surface area contributed by atoms with Gasteiger partial charge in [0.2, 0.25) is 0 Å². The lowest BCUT2D eigenvalue weighted by atomic mass is 10.2. The van der Waals surface area contributed by atoms with E-state index in [1.54, 1.807) is 17.4 Å². The van der Waals surface area contributed by atoms with Crippen LogP contribution in [0.3, 0.4) is 0 Å². The summed E-state index contributed by atoms with van der Waals surface area (Å²) in [7, 11) is 0. The lowest BCUT2D eigenvalue weighted by molar-refractivity contribution is 0.471. The summed E-state index contributed by atoms with van der Waals surface area (Å²) in [6.45, 7) is 0. The smallest absolute Gasteiger partial charge is 0.120 e. The number of rotatable bonds is 1. The van der Waals surface area contributed by atoms with E-state index in [9.17, 15) is 5.11 Å². The molecule has 0 saturated carbocycles. The Morgan fingerprint density at radius 3 is 2.85 bits per heavy atom. The van der Waals surface area contributed by atoms with Crippen LogP contribution < -0.4 is 0 Å². The van der Waals surface area contributed by atoms with Gasteiger partial charge in [0, 0.05) is 10.3 Å². The molecular formula is C9H6ClIOS. The van der Waals surface area contributed by atoms with Gasteiger partial charge in [0.1, 0.15) is 5.75 Å². The van der Waals surface area contributed by atoms with Crippen LogP contribution in [0.25, 0.3) is 10.1 Å². The normalized spacial score (nSPS) is 10.9. The van der Waals surface area contributed by atoms with Gasteiger partial charge in [-0.2, -0.15) is 0 Å². The maximum absolute atomic E-state index is 9.54. The Bertz CT molecular complexity index is 452. The molecule has 2 rings (SSSR count). The van der Waals surface area contributed by atoms with Crippen molar-refractivity contribution in [3.63, 3.8) is 0 Å². The van der Waals surface area contributed by atoms with Gasteiger partial charge in [0.05, 0.1) is 8.76 Å². The minimum Gasteiger partial charge on any atom is -0.508 e. The SMILES string of the molecule is Oc1cc2cc(I)sc2cc1CCl. The molecule has 2 aromatic rings. The van der Waals surface area contributed by atoms with Gasteiger partial charge >= 0.3 is 0 Å². The van der Waals surface area contributed by atoms with Gasteiger partial charge in [0.15, 0.2) is 0 Å². The van der Waals surface area contributed by atoms with Crippen molar-refractivity contribution < 1.29 is 5.11 Å². The van der Waals surface area contributed by atoms with Crippen molar-refractivity contribution in [1.29, 1.82) is 0 Å². The van der Waals surface area contributed by atoms with E-state index in [1.807, 2.05) is 6.07 Å². The highest BCUT2D eigenvalue weighted by atomic mass is 127. The molecule has 0 aliphatic heterocycles. The third-order valence-corrected chi connectivity index (χ3v) is 3.98. The molecular weight excluding hydrogens is 319 g/mol. The number of aromatic hydroxyl groups is 1. The van der Waals surface area contributed by atoms with Crippen LogP contribution in [0.1, 0.15) is 5.56 Å². The van der Waals surface area contributed by atoms with E-state index in [0.29, 0.717) is 5.88 Å². The van der Waals surface area contributed by atoms with E-state index >= 15 is 0 Å². The standard InChI is InChI=1S/C9H6ClIOS/c10-4-6-2-8-5(1-7(6)12)3-9(11)13-8/h1-3,12H,4H2. The van der Waals surface area contributed by atoms with E-state index in [0.717, 1.165) is 10.9 Å². The second-order valence-corrected chi connectivity index (χ2v) is 5.95. The van der Waals surface area contributed by atoms with Crippen molar-refractivity contribution in [2.75, 3.05) is 0 Å². The Balaban J connectivity index is 2.72. The average molecular weight is 325 g/mol. The first-order chi connectivity index (χ1) is 6.20. The lowest BCUT2D eigenvalue weighted by Crippen LogP contribution is -1.77. The highest BCUT2D eigenvalue weighted by molar-refractivity contribution is 14.1. The first kappa shape index (κ1) is 9.55. The van der Waals surface area contributed by atoms with Gasteiger partial charge in [-0.1, -0.05) is 0 Å². The van der Waals surface area contributed by atoms with Gasteiger partial charge in [0.25, 0.3) is 0 Å². The summed E-state index contributed by atoms with van der Waals surface area (Å²) in [5, 5.41) is 10.6. The molecule has 0 unspecified atom stereocenters. The molecule has 13 heavy (non-hydrogen) atoms. The minimum absolute atomic E-state index is 0.289. The van der Waals surface area contributed by atoms with Crippen LogP contribution in [-0.4, -0.2) is 5.11 Å². The molecule has 0 amide bonds. The summed E-state index contributed by atoms with van der Waals surface area (Å²) in [4.78, 5) is 0. The van der Waals surface area contributed by atoms with Gasteiger partial charge in [-0.3, -0.25) is 0 Å². The summed E-state index contributed by atoms with van der Waals surface area (Å²) in [5.74, 6) is 0.646. The molecule has 4 heteroatoms. The number of phenols is 1. The highest BCUT2D eigenvalue weighted by Gasteiger charge is 2.05. The predicted molar refractivity (Wildman–Crippen MR) is 65.8 cm³/mol. The number of phenolic OH excluding ortho intramolecular Hbond substituents is 1. The molecule has 1 heterocycles. The molecule has 0 radical (unpaired) electrons. The number of hydrogen-bond donors (Lipinski definition) is 1. The average Bonchev–Trinajstić information content (AvgIpc) is 2.42. The van der Waals surface area contributed by atoms with E-state index in [2.05, 4.69) is 28.7 Å². The third-order valence-electron chi connectivity index (χ3n) is 1.83. The fourth-order valence-electron chi connectivity index (χ4n) is 1.19. The van der Waals surface area contributed by atoms with Crippen LogP contribution in [0.2, 0.25) is 0 Å². The minimum atomic E-state index is 0.289. The maximum atomic E-state index is 9.54. The lowest BCUT2D eigenvalue weighted by Gasteiger charge is -1.99. The maximum Gasteiger partial charge on any atom is 0.120 e. The summed E-state index contributed by atoms with van der Waals surface area (Å²) in [6, 6.07) is 5.77. The molecule has 0 spiro atoms. The Kier molecular flexibility index (Phi) is 2.67. The van der Waals surface area contributed by atoms with Crippen molar-refractivity contribution >= 4 is 55.6 Å². The second kappa shape index (κ2) is 3.63. The van der Waals surface area contributed by atoms with Crippen LogP contribution >= 0.6 is 45.5 Å². The molecule has 0 atom stereocenters. The van der Waals surface area contributed by atoms with Crippen molar-refractivity contribution in [3.05, 3.63) is 26.6 Å².